The molecule has 1 aromatic rings. The highest BCUT2D eigenvalue weighted by Crippen LogP contribution is 2.31. The summed E-state index contributed by atoms with van der Waals surface area (Å²) in [5.74, 6) is -1.08. The quantitative estimate of drug-likeness (QED) is 0.371. The van der Waals surface area contributed by atoms with Crippen molar-refractivity contribution in [1.29, 1.82) is 0 Å². The van der Waals surface area contributed by atoms with Crippen LogP contribution in [-0.4, -0.2) is 23.0 Å². The number of hydrogen-bond donors (Lipinski definition) is 0. The van der Waals surface area contributed by atoms with E-state index >= 15 is 0 Å². The van der Waals surface area contributed by atoms with Crippen LogP contribution in [-0.2, 0) is 4.74 Å². The predicted octanol–water partition coefficient (Wildman–Crippen LogP) is 2.48. The second-order valence-electron chi connectivity index (χ2n) is 2.78. The maximum atomic E-state index is 12.4. The van der Waals surface area contributed by atoms with E-state index < -0.39 is 38.9 Å². The Hall–Kier alpha value is -1.64. The third kappa shape index (κ3) is 2.73. The molecule has 0 fully saturated rings. The van der Waals surface area contributed by atoms with E-state index in [9.17, 15) is 23.7 Å². The number of pyridine rings is 1. The molecule has 0 saturated carbocycles. The third-order valence-corrected chi connectivity index (χ3v) is 2.33. The molecule has 0 aliphatic carbocycles. The summed E-state index contributed by atoms with van der Waals surface area (Å²) in [4.78, 5) is 24.3. The molecule has 0 bridgehead atoms. The van der Waals surface area contributed by atoms with Crippen LogP contribution in [0.2, 0.25) is 0 Å². The number of ether oxygens (including phenoxy) is 1. The standard InChI is InChI=1S/C8H5BrF2N2O4/c1-17-8(14)3-2-4(7(10)11)12-6(9)5(3)13(15)16/h2,7H,1H3. The molecule has 92 valence electrons. The summed E-state index contributed by atoms with van der Waals surface area (Å²) in [7, 11) is 0.989. The highest BCUT2D eigenvalue weighted by atomic mass is 79.9. The summed E-state index contributed by atoms with van der Waals surface area (Å²) in [5.41, 5.74) is -2.03. The lowest BCUT2D eigenvalue weighted by Gasteiger charge is -2.05. The smallest absolute Gasteiger partial charge is 0.345 e. The van der Waals surface area contributed by atoms with E-state index in [0.29, 0.717) is 6.07 Å². The monoisotopic (exact) mass is 310 g/mol. The van der Waals surface area contributed by atoms with Crippen molar-refractivity contribution in [3.63, 3.8) is 0 Å². The van der Waals surface area contributed by atoms with Crippen molar-refractivity contribution < 1.29 is 23.2 Å². The third-order valence-electron chi connectivity index (χ3n) is 1.78. The molecule has 1 rings (SSSR count). The number of aromatic nitrogens is 1. The first-order valence-corrected chi connectivity index (χ1v) is 4.89. The molecule has 1 heterocycles. The van der Waals surface area contributed by atoms with Gasteiger partial charge >= 0.3 is 11.7 Å². The number of methoxy groups -OCH3 is 1. The summed E-state index contributed by atoms with van der Waals surface area (Å²) in [5, 5.41) is 10.7. The average Bonchev–Trinajstić information content (AvgIpc) is 2.26. The van der Waals surface area contributed by atoms with Crippen LogP contribution in [0.3, 0.4) is 0 Å². The number of nitrogens with zero attached hydrogens (tertiary/aromatic N) is 2. The van der Waals surface area contributed by atoms with Gasteiger partial charge in [0.2, 0.25) is 0 Å². The molecule has 17 heavy (non-hydrogen) atoms. The van der Waals surface area contributed by atoms with Gasteiger partial charge in [-0.25, -0.2) is 18.6 Å². The minimum atomic E-state index is -2.95. The minimum Gasteiger partial charge on any atom is -0.465 e. The second kappa shape index (κ2) is 5.13. The van der Waals surface area contributed by atoms with Gasteiger partial charge in [-0.15, -0.1) is 0 Å². The van der Waals surface area contributed by atoms with Crippen molar-refractivity contribution in [2.24, 2.45) is 0 Å². The fourth-order valence-corrected chi connectivity index (χ4v) is 1.64. The second-order valence-corrected chi connectivity index (χ2v) is 3.53. The van der Waals surface area contributed by atoms with E-state index in [4.69, 9.17) is 0 Å². The maximum Gasteiger partial charge on any atom is 0.345 e. The molecule has 0 aromatic carbocycles. The molecule has 0 aliphatic rings. The van der Waals surface area contributed by atoms with E-state index in [1.54, 1.807) is 0 Å². The Bertz CT molecular complexity index is 481. The van der Waals surface area contributed by atoms with E-state index in [2.05, 4.69) is 25.7 Å². The first-order valence-electron chi connectivity index (χ1n) is 4.09. The maximum absolute atomic E-state index is 12.4. The van der Waals surface area contributed by atoms with Crippen molar-refractivity contribution in [2.45, 2.75) is 6.43 Å². The van der Waals surface area contributed by atoms with Crippen LogP contribution >= 0.6 is 15.9 Å². The van der Waals surface area contributed by atoms with Crippen LogP contribution in [0.15, 0.2) is 10.7 Å². The zero-order valence-electron chi connectivity index (χ0n) is 8.32. The van der Waals surface area contributed by atoms with Gasteiger partial charge in [0.05, 0.1) is 12.0 Å². The average molecular weight is 311 g/mol. The molecule has 0 unspecified atom stereocenters. The van der Waals surface area contributed by atoms with Crippen LogP contribution < -0.4 is 0 Å². The lowest BCUT2D eigenvalue weighted by atomic mass is 10.2. The van der Waals surface area contributed by atoms with Gasteiger partial charge in [-0.2, -0.15) is 0 Å². The Labute approximate surface area is 102 Å². The van der Waals surface area contributed by atoms with Gasteiger partial charge in [0.15, 0.2) is 4.60 Å². The molecule has 0 radical (unpaired) electrons. The number of hydrogen-bond acceptors (Lipinski definition) is 5. The molecule has 0 N–H and O–H groups in total. The normalized spacial score (nSPS) is 10.4. The van der Waals surface area contributed by atoms with Crippen LogP contribution in [0.1, 0.15) is 22.5 Å². The number of rotatable bonds is 3. The van der Waals surface area contributed by atoms with Crippen molar-refractivity contribution in [3.05, 3.63) is 32.0 Å². The van der Waals surface area contributed by atoms with Gasteiger partial charge in [-0.3, -0.25) is 10.1 Å². The predicted molar refractivity (Wildman–Crippen MR) is 54.9 cm³/mol. The molecule has 0 aliphatic heterocycles. The van der Waals surface area contributed by atoms with Crippen LogP contribution in [0.5, 0.6) is 0 Å². The van der Waals surface area contributed by atoms with E-state index in [1.807, 2.05) is 0 Å². The van der Waals surface area contributed by atoms with Crippen molar-refractivity contribution in [3.8, 4) is 0 Å². The molecule has 0 amide bonds. The fourth-order valence-electron chi connectivity index (χ4n) is 1.08. The molecule has 0 atom stereocenters. The summed E-state index contributed by atoms with van der Waals surface area (Å²) in [6.45, 7) is 0. The largest absolute Gasteiger partial charge is 0.465 e. The molecule has 0 saturated heterocycles. The van der Waals surface area contributed by atoms with Gasteiger partial charge in [0.25, 0.3) is 6.43 Å². The van der Waals surface area contributed by atoms with Crippen LogP contribution in [0.4, 0.5) is 14.5 Å². The molecular weight excluding hydrogens is 306 g/mol. The zero-order chi connectivity index (χ0) is 13.2. The van der Waals surface area contributed by atoms with Crippen molar-refractivity contribution >= 4 is 27.6 Å². The lowest BCUT2D eigenvalue weighted by Crippen LogP contribution is -2.09. The van der Waals surface area contributed by atoms with Gasteiger partial charge in [-0.1, -0.05) is 0 Å². The Balaban J connectivity index is 3.50. The Morgan fingerprint density at radius 3 is 2.65 bits per heavy atom. The summed E-state index contributed by atoms with van der Waals surface area (Å²) < 4.78 is 28.7. The fraction of sp³-hybridized carbons (Fsp3) is 0.250. The first kappa shape index (κ1) is 13.4. The molecule has 9 heteroatoms. The number of esters is 1. The number of alkyl halides is 2. The van der Waals surface area contributed by atoms with Gasteiger partial charge in [-0.05, 0) is 22.0 Å². The summed E-state index contributed by atoms with van der Waals surface area (Å²) >= 11 is 2.67. The van der Waals surface area contributed by atoms with Gasteiger partial charge in [0.1, 0.15) is 11.3 Å². The molecule has 1 aromatic heterocycles. The van der Waals surface area contributed by atoms with Crippen molar-refractivity contribution in [1.82, 2.24) is 4.98 Å². The molecular formula is C8H5BrF2N2O4. The Morgan fingerprint density at radius 2 is 2.24 bits per heavy atom. The topological polar surface area (TPSA) is 82.3 Å². The SMILES string of the molecule is COC(=O)c1cc(C(F)F)nc(Br)c1[N+](=O)[O-]. The van der Waals surface area contributed by atoms with Crippen LogP contribution in [0, 0.1) is 10.1 Å². The van der Waals surface area contributed by atoms with E-state index in [-0.39, 0.29) is 0 Å². The number of carbonyl (C=O) groups is 1. The highest BCUT2D eigenvalue weighted by molar-refractivity contribution is 9.10. The van der Waals surface area contributed by atoms with Crippen LogP contribution in [0.25, 0.3) is 0 Å². The number of nitro groups is 1. The zero-order valence-corrected chi connectivity index (χ0v) is 9.90. The minimum absolute atomic E-state index is 0.444. The number of carbonyl (C=O) groups excluding carboxylic acids is 1. The van der Waals surface area contributed by atoms with Gasteiger partial charge < -0.3 is 4.74 Å². The Kier molecular flexibility index (Phi) is 4.05. The number of halogens is 3. The van der Waals surface area contributed by atoms with E-state index in [0.717, 1.165) is 7.11 Å². The Morgan fingerprint density at radius 1 is 1.65 bits per heavy atom. The molecule has 6 nitrogen and oxygen atoms in total. The van der Waals surface area contributed by atoms with Gasteiger partial charge in [0, 0.05) is 0 Å². The molecule has 0 spiro atoms. The lowest BCUT2D eigenvalue weighted by molar-refractivity contribution is -0.386. The van der Waals surface area contributed by atoms with Crippen molar-refractivity contribution in [2.75, 3.05) is 7.11 Å². The first-order chi connectivity index (χ1) is 7.88. The van der Waals surface area contributed by atoms with E-state index in [1.165, 1.54) is 0 Å². The summed E-state index contributed by atoms with van der Waals surface area (Å²) in [6, 6.07) is 0.638. The summed E-state index contributed by atoms with van der Waals surface area (Å²) in [6.07, 6.45) is -2.95. The highest BCUT2D eigenvalue weighted by Gasteiger charge is 2.28.